The van der Waals surface area contributed by atoms with Crippen LogP contribution in [0.5, 0.6) is 5.75 Å². The third kappa shape index (κ3) is 4.19. The average molecular weight is 298 g/mol. The zero-order valence-electron chi connectivity index (χ0n) is 12.0. The van der Waals surface area contributed by atoms with Crippen LogP contribution in [0.25, 0.3) is 0 Å². The summed E-state index contributed by atoms with van der Waals surface area (Å²) < 4.78 is 28.3. The molecular formula is C14H22N2O3S. The van der Waals surface area contributed by atoms with Gasteiger partial charge in [0.05, 0.1) is 5.25 Å². The van der Waals surface area contributed by atoms with E-state index >= 15 is 0 Å². The van der Waals surface area contributed by atoms with Crippen LogP contribution < -0.4 is 9.88 Å². The standard InChI is InChI=1S/C14H22N2O3S/c1-11-7-12(2)9-13(8-11)19-6-5-16-4-3-14(10-16)20(15,17)18/h7-9,14H,3-6,10H2,1-2H3,(H2,15,17,18). The van der Waals surface area contributed by atoms with Gasteiger partial charge in [-0.15, -0.1) is 0 Å². The van der Waals surface area contributed by atoms with Crippen molar-refractivity contribution < 1.29 is 13.2 Å². The summed E-state index contributed by atoms with van der Waals surface area (Å²) in [6.45, 7) is 6.62. The topological polar surface area (TPSA) is 72.6 Å². The summed E-state index contributed by atoms with van der Waals surface area (Å²) in [4.78, 5) is 2.08. The molecule has 6 heteroatoms. The molecular weight excluding hydrogens is 276 g/mol. The lowest BCUT2D eigenvalue weighted by molar-refractivity contribution is 0.237. The third-order valence-corrected chi connectivity index (χ3v) is 4.88. The Morgan fingerprint density at radius 2 is 1.95 bits per heavy atom. The molecule has 0 saturated carbocycles. The van der Waals surface area contributed by atoms with E-state index < -0.39 is 15.3 Å². The summed E-state index contributed by atoms with van der Waals surface area (Å²) in [5, 5.41) is 4.74. The average Bonchev–Trinajstić information content (AvgIpc) is 2.76. The van der Waals surface area contributed by atoms with Gasteiger partial charge in [-0.05, 0) is 50.1 Å². The molecule has 1 heterocycles. The van der Waals surface area contributed by atoms with Gasteiger partial charge in [-0.1, -0.05) is 6.07 Å². The molecule has 5 nitrogen and oxygen atoms in total. The van der Waals surface area contributed by atoms with Gasteiger partial charge in [0.25, 0.3) is 0 Å². The van der Waals surface area contributed by atoms with Crippen LogP contribution in [0.4, 0.5) is 0 Å². The van der Waals surface area contributed by atoms with Gasteiger partial charge >= 0.3 is 0 Å². The number of nitrogens with zero attached hydrogens (tertiary/aromatic N) is 1. The first-order valence-electron chi connectivity index (χ1n) is 6.79. The molecule has 1 aliphatic heterocycles. The molecule has 1 aromatic carbocycles. The highest BCUT2D eigenvalue weighted by Crippen LogP contribution is 2.17. The fourth-order valence-corrected chi connectivity index (χ4v) is 3.43. The Morgan fingerprint density at radius 3 is 2.50 bits per heavy atom. The number of hydrogen-bond acceptors (Lipinski definition) is 4. The molecule has 0 amide bonds. The minimum Gasteiger partial charge on any atom is -0.492 e. The highest BCUT2D eigenvalue weighted by molar-refractivity contribution is 7.89. The van der Waals surface area contributed by atoms with Crippen molar-refractivity contribution in [3.05, 3.63) is 29.3 Å². The molecule has 1 aliphatic rings. The molecule has 112 valence electrons. The van der Waals surface area contributed by atoms with Crippen LogP contribution in [0.1, 0.15) is 17.5 Å². The Morgan fingerprint density at radius 1 is 1.30 bits per heavy atom. The SMILES string of the molecule is Cc1cc(C)cc(OCCN2CCC(S(N)(=O)=O)C2)c1. The maximum atomic E-state index is 11.3. The molecule has 0 radical (unpaired) electrons. The molecule has 2 N–H and O–H groups in total. The summed E-state index contributed by atoms with van der Waals surface area (Å²) in [6.07, 6.45) is 0.613. The van der Waals surface area contributed by atoms with Gasteiger partial charge in [0.15, 0.2) is 0 Å². The van der Waals surface area contributed by atoms with Gasteiger partial charge in [0.1, 0.15) is 12.4 Å². The number of nitrogens with two attached hydrogens (primary N) is 1. The first kappa shape index (κ1) is 15.3. The van der Waals surface area contributed by atoms with Crippen molar-refractivity contribution in [3.8, 4) is 5.75 Å². The van der Waals surface area contributed by atoms with Gasteiger partial charge in [-0.3, -0.25) is 4.90 Å². The second-order valence-electron chi connectivity index (χ2n) is 5.47. The summed E-state index contributed by atoms with van der Waals surface area (Å²) in [7, 11) is -3.41. The van der Waals surface area contributed by atoms with E-state index in [1.54, 1.807) is 0 Å². The van der Waals surface area contributed by atoms with Crippen molar-refractivity contribution in [3.63, 3.8) is 0 Å². The maximum Gasteiger partial charge on any atom is 0.213 e. The maximum absolute atomic E-state index is 11.3. The Bertz CT molecular complexity index is 552. The number of aryl methyl sites for hydroxylation is 2. The Balaban J connectivity index is 1.80. The molecule has 0 spiro atoms. The van der Waals surface area contributed by atoms with Crippen molar-refractivity contribution in [2.45, 2.75) is 25.5 Å². The van der Waals surface area contributed by atoms with E-state index in [1.807, 2.05) is 26.0 Å². The smallest absolute Gasteiger partial charge is 0.213 e. The summed E-state index contributed by atoms with van der Waals surface area (Å²) in [5.74, 6) is 0.865. The fourth-order valence-electron chi connectivity index (χ4n) is 2.58. The van der Waals surface area contributed by atoms with Crippen LogP contribution in [0.2, 0.25) is 0 Å². The van der Waals surface area contributed by atoms with Crippen molar-refractivity contribution in [2.24, 2.45) is 5.14 Å². The Labute approximate surface area is 120 Å². The number of rotatable bonds is 5. The van der Waals surface area contributed by atoms with Crippen molar-refractivity contribution in [2.75, 3.05) is 26.2 Å². The van der Waals surface area contributed by atoms with Gasteiger partial charge < -0.3 is 4.74 Å². The molecule has 1 atom stereocenters. The molecule has 20 heavy (non-hydrogen) atoms. The van der Waals surface area contributed by atoms with Gasteiger partial charge in [0.2, 0.25) is 10.0 Å². The Hall–Kier alpha value is -1.11. The molecule has 1 saturated heterocycles. The zero-order valence-corrected chi connectivity index (χ0v) is 12.8. The molecule has 1 fully saturated rings. The zero-order chi connectivity index (χ0) is 14.8. The van der Waals surface area contributed by atoms with Crippen LogP contribution in [-0.4, -0.2) is 44.8 Å². The van der Waals surface area contributed by atoms with Gasteiger partial charge in [0, 0.05) is 13.1 Å². The number of hydrogen-bond donors (Lipinski definition) is 1. The normalized spacial score (nSPS) is 20.2. The van der Waals surface area contributed by atoms with E-state index in [-0.39, 0.29) is 0 Å². The second-order valence-corrected chi connectivity index (χ2v) is 7.32. The van der Waals surface area contributed by atoms with Crippen LogP contribution in [0, 0.1) is 13.8 Å². The quantitative estimate of drug-likeness (QED) is 0.882. The largest absolute Gasteiger partial charge is 0.492 e. The van der Waals surface area contributed by atoms with E-state index in [9.17, 15) is 8.42 Å². The number of likely N-dealkylation sites (tertiary alicyclic amines) is 1. The summed E-state index contributed by atoms with van der Waals surface area (Å²) in [5.41, 5.74) is 2.35. The monoisotopic (exact) mass is 298 g/mol. The van der Waals surface area contributed by atoms with Crippen molar-refractivity contribution >= 4 is 10.0 Å². The van der Waals surface area contributed by atoms with E-state index in [2.05, 4.69) is 11.0 Å². The molecule has 2 rings (SSSR count). The number of benzene rings is 1. The van der Waals surface area contributed by atoms with E-state index in [0.29, 0.717) is 19.6 Å². The highest BCUT2D eigenvalue weighted by atomic mass is 32.2. The van der Waals surface area contributed by atoms with E-state index in [0.717, 1.165) is 18.8 Å². The van der Waals surface area contributed by atoms with Crippen LogP contribution >= 0.6 is 0 Å². The van der Waals surface area contributed by atoms with Crippen LogP contribution in [0.15, 0.2) is 18.2 Å². The second kappa shape index (κ2) is 6.11. The summed E-state index contributed by atoms with van der Waals surface area (Å²) in [6, 6.07) is 6.11. The molecule has 0 bridgehead atoms. The predicted molar refractivity (Wildman–Crippen MR) is 79.4 cm³/mol. The molecule has 0 aromatic heterocycles. The first-order valence-corrected chi connectivity index (χ1v) is 8.40. The molecule has 1 unspecified atom stereocenters. The highest BCUT2D eigenvalue weighted by Gasteiger charge is 2.30. The van der Waals surface area contributed by atoms with Crippen molar-refractivity contribution in [1.29, 1.82) is 0 Å². The molecule has 0 aliphatic carbocycles. The number of sulfonamides is 1. The fraction of sp³-hybridized carbons (Fsp3) is 0.571. The summed E-state index contributed by atoms with van der Waals surface area (Å²) >= 11 is 0. The van der Waals surface area contributed by atoms with Gasteiger partial charge in [-0.2, -0.15) is 0 Å². The first-order chi connectivity index (χ1) is 9.34. The number of primary sulfonamides is 1. The van der Waals surface area contributed by atoms with Crippen molar-refractivity contribution in [1.82, 2.24) is 4.90 Å². The minimum absolute atomic E-state index is 0.427. The van der Waals surface area contributed by atoms with E-state index in [1.165, 1.54) is 11.1 Å². The van der Waals surface area contributed by atoms with Crippen LogP contribution in [0.3, 0.4) is 0 Å². The Kier molecular flexibility index (Phi) is 4.67. The lowest BCUT2D eigenvalue weighted by Gasteiger charge is -2.16. The lowest BCUT2D eigenvalue weighted by Crippen LogP contribution is -2.33. The molecule has 1 aromatic rings. The third-order valence-electron chi connectivity index (χ3n) is 3.57. The van der Waals surface area contributed by atoms with Crippen LogP contribution in [-0.2, 0) is 10.0 Å². The minimum atomic E-state index is -3.41. The predicted octanol–water partition coefficient (Wildman–Crippen LogP) is 1.05. The number of ether oxygens (including phenoxy) is 1. The van der Waals surface area contributed by atoms with E-state index in [4.69, 9.17) is 9.88 Å². The lowest BCUT2D eigenvalue weighted by atomic mass is 10.1. The van der Waals surface area contributed by atoms with Gasteiger partial charge in [-0.25, -0.2) is 13.6 Å².